The number of rotatable bonds is 15. The summed E-state index contributed by atoms with van der Waals surface area (Å²) in [5, 5.41) is 3.80. The highest BCUT2D eigenvalue weighted by atomic mass is 32.1. The second-order valence-corrected chi connectivity index (χ2v) is 13.0. The maximum absolute atomic E-state index is 15.2. The lowest BCUT2D eigenvalue weighted by Gasteiger charge is -2.26. The van der Waals surface area contributed by atoms with E-state index in [1.165, 1.54) is 27.4 Å². The van der Waals surface area contributed by atoms with Gasteiger partial charge in [0.05, 0.1) is 45.7 Å². The Kier molecular flexibility index (Phi) is 13.9. The number of nitrogens with zero attached hydrogens (tertiary/aromatic N) is 3. The third-order valence-corrected chi connectivity index (χ3v) is 9.61. The van der Waals surface area contributed by atoms with Gasteiger partial charge >= 0.3 is 12.1 Å². The first-order chi connectivity index (χ1) is 26.6. The number of amides is 4. The SMILES string of the molecule is CCOC(=O)N(Cc1c(F)cccc1F)c1sc(-c2ccc(NC(=O)NOC)cc2)c(CN(C)Cc2ccccc2)c1C(=O)N(OC)c1ccc(OC)cc1. The number of nitrogens with one attached hydrogen (secondary N) is 2. The van der Waals surface area contributed by atoms with Crippen LogP contribution in [0.3, 0.4) is 0 Å². The summed E-state index contributed by atoms with van der Waals surface area (Å²) >= 11 is 1.08. The standard InChI is InChI=1S/C40H41F2N5O7S/c1-6-54-40(50)46(25-31-33(41)13-10-14-34(31)42)38-35(37(48)47(53-5)29-19-21-30(51-3)22-20-29)32(24-45(2)23-26-11-8-7-9-12-26)36(55-38)27-15-17-28(18-16-27)43-39(49)44-52-4/h7-22H,6,23-25H2,1-5H3,(H2,43,44,49). The Morgan fingerprint density at radius 2 is 1.45 bits per heavy atom. The highest BCUT2D eigenvalue weighted by Gasteiger charge is 2.35. The van der Waals surface area contributed by atoms with E-state index in [4.69, 9.17) is 14.3 Å². The molecule has 5 rings (SSSR count). The molecule has 0 aliphatic heterocycles. The second-order valence-electron chi connectivity index (χ2n) is 12.1. The van der Waals surface area contributed by atoms with Crippen molar-refractivity contribution in [2.75, 3.05) is 50.3 Å². The molecule has 288 valence electrons. The number of carbonyl (C=O) groups excluding carboxylic acids is 3. The molecule has 0 aliphatic rings. The number of hydrogen-bond donors (Lipinski definition) is 2. The van der Waals surface area contributed by atoms with E-state index in [0.717, 1.165) is 39.0 Å². The van der Waals surface area contributed by atoms with Crippen molar-refractivity contribution in [3.05, 3.63) is 131 Å². The molecular formula is C40H41F2N5O7S. The average molecular weight is 774 g/mol. The van der Waals surface area contributed by atoms with Gasteiger partial charge in [0, 0.05) is 29.2 Å². The largest absolute Gasteiger partial charge is 0.497 e. The van der Waals surface area contributed by atoms with Gasteiger partial charge in [-0.05, 0) is 79.2 Å². The van der Waals surface area contributed by atoms with Crippen LogP contribution < -0.4 is 25.5 Å². The fraction of sp³-hybridized carbons (Fsp3) is 0.225. The molecule has 4 aromatic carbocycles. The van der Waals surface area contributed by atoms with E-state index >= 15 is 13.6 Å². The summed E-state index contributed by atoms with van der Waals surface area (Å²) in [5.41, 5.74) is 4.78. The third kappa shape index (κ3) is 9.82. The highest BCUT2D eigenvalue weighted by molar-refractivity contribution is 7.20. The fourth-order valence-corrected chi connectivity index (χ4v) is 7.11. The van der Waals surface area contributed by atoms with Crippen molar-refractivity contribution < 1.29 is 42.3 Å². The van der Waals surface area contributed by atoms with E-state index in [0.29, 0.717) is 39.7 Å². The predicted octanol–water partition coefficient (Wildman–Crippen LogP) is 8.39. The molecule has 0 bridgehead atoms. The Morgan fingerprint density at radius 1 is 0.782 bits per heavy atom. The van der Waals surface area contributed by atoms with Crippen LogP contribution in [-0.4, -0.2) is 57.9 Å². The topological polar surface area (TPSA) is 122 Å². The minimum absolute atomic E-state index is 0.0454. The number of hydroxylamine groups is 2. The van der Waals surface area contributed by atoms with Gasteiger partial charge in [0.1, 0.15) is 22.4 Å². The van der Waals surface area contributed by atoms with Crippen molar-refractivity contribution in [3.8, 4) is 16.2 Å². The van der Waals surface area contributed by atoms with Gasteiger partial charge in [0.15, 0.2) is 0 Å². The van der Waals surface area contributed by atoms with E-state index in [2.05, 4.69) is 15.6 Å². The lowest BCUT2D eigenvalue weighted by Crippen LogP contribution is -2.36. The maximum Gasteiger partial charge on any atom is 0.415 e. The first-order valence-electron chi connectivity index (χ1n) is 17.1. The number of carbonyl (C=O) groups is 3. The number of anilines is 3. The number of benzene rings is 4. The molecule has 0 fully saturated rings. The number of methoxy groups -OCH3 is 1. The summed E-state index contributed by atoms with van der Waals surface area (Å²) < 4.78 is 41.2. The Hall–Kier alpha value is -5.87. The molecule has 0 spiro atoms. The Morgan fingerprint density at radius 3 is 2.05 bits per heavy atom. The normalized spacial score (nSPS) is 10.9. The quantitative estimate of drug-likeness (QED) is 0.102. The van der Waals surface area contributed by atoms with E-state index in [1.54, 1.807) is 55.5 Å². The molecule has 0 atom stereocenters. The fourth-order valence-electron chi connectivity index (χ4n) is 5.81. The van der Waals surface area contributed by atoms with Crippen molar-refractivity contribution in [1.29, 1.82) is 0 Å². The summed E-state index contributed by atoms with van der Waals surface area (Å²) in [7, 11) is 6.05. The predicted molar refractivity (Wildman–Crippen MR) is 207 cm³/mol. The number of ether oxygens (including phenoxy) is 2. The molecule has 4 amide bonds. The van der Waals surface area contributed by atoms with E-state index in [1.807, 2.05) is 42.3 Å². The highest BCUT2D eigenvalue weighted by Crippen LogP contribution is 2.45. The minimum Gasteiger partial charge on any atom is -0.497 e. The third-order valence-electron chi connectivity index (χ3n) is 8.31. The molecule has 5 aromatic rings. The average Bonchev–Trinajstić information content (AvgIpc) is 3.54. The lowest BCUT2D eigenvalue weighted by molar-refractivity contribution is 0.0772. The number of hydrogen-bond acceptors (Lipinski definition) is 9. The van der Waals surface area contributed by atoms with Crippen LogP contribution in [0.2, 0.25) is 0 Å². The van der Waals surface area contributed by atoms with Crippen LogP contribution in [0.25, 0.3) is 10.4 Å². The summed E-state index contributed by atoms with van der Waals surface area (Å²) in [4.78, 5) is 55.1. The van der Waals surface area contributed by atoms with Crippen LogP contribution in [0.1, 0.15) is 34.0 Å². The molecule has 12 nitrogen and oxygen atoms in total. The van der Waals surface area contributed by atoms with E-state index in [9.17, 15) is 9.59 Å². The summed E-state index contributed by atoms with van der Waals surface area (Å²) in [6.07, 6.45) is -0.923. The molecular weight excluding hydrogens is 733 g/mol. The van der Waals surface area contributed by atoms with Crippen LogP contribution in [0, 0.1) is 11.6 Å². The van der Waals surface area contributed by atoms with Gasteiger partial charge in [-0.15, -0.1) is 11.3 Å². The second kappa shape index (κ2) is 18.9. The maximum atomic E-state index is 15.2. The van der Waals surface area contributed by atoms with Gasteiger partial charge in [0.25, 0.3) is 5.91 Å². The van der Waals surface area contributed by atoms with Crippen LogP contribution in [0.15, 0.2) is 97.1 Å². The smallest absolute Gasteiger partial charge is 0.415 e. The summed E-state index contributed by atoms with van der Waals surface area (Å²) in [6.45, 7) is 1.64. The lowest BCUT2D eigenvalue weighted by atomic mass is 10.0. The monoisotopic (exact) mass is 773 g/mol. The van der Waals surface area contributed by atoms with E-state index < -0.39 is 41.8 Å². The minimum atomic E-state index is -0.923. The van der Waals surface area contributed by atoms with Crippen molar-refractivity contribution in [2.24, 2.45) is 0 Å². The molecule has 2 N–H and O–H groups in total. The van der Waals surface area contributed by atoms with Crippen molar-refractivity contribution in [1.82, 2.24) is 10.4 Å². The van der Waals surface area contributed by atoms with Gasteiger partial charge < -0.3 is 14.8 Å². The molecule has 1 aromatic heterocycles. The van der Waals surface area contributed by atoms with Crippen molar-refractivity contribution in [3.63, 3.8) is 0 Å². The summed E-state index contributed by atoms with van der Waals surface area (Å²) in [6, 6.07) is 26.0. The zero-order valence-corrected chi connectivity index (χ0v) is 31.7. The van der Waals surface area contributed by atoms with Gasteiger partial charge in [-0.2, -0.15) is 5.06 Å². The molecule has 0 saturated carbocycles. The Bertz CT molecular complexity index is 2060. The Labute approximate surface area is 321 Å². The number of urea groups is 1. The molecule has 0 radical (unpaired) electrons. The van der Waals surface area contributed by atoms with Crippen LogP contribution in [0.4, 0.5) is 34.7 Å². The molecule has 0 unspecified atom stereocenters. The van der Waals surface area contributed by atoms with Gasteiger partial charge in [-0.1, -0.05) is 48.5 Å². The Balaban J connectivity index is 1.75. The molecule has 0 aliphatic carbocycles. The number of halogens is 2. The van der Waals surface area contributed by atoms with Gasteiger partial charge in [-0.25, -0.2) is 23.9 Å². The molecule has 0 saturated heterocycles. The molecule has 15 heteroatoms. The van der Waals surface area contributed by atoms with E-state index in [-0.39, 0.29) is 23.7 Å². The van der Waals surface area contributed by atoms with Crippen molar-refractivity contribution in [2.45, 2.75) is 26.6 Å². The van der Waals surface area contributed by atoms with Crippen molar-refractivity contribution >= 4 is 45.7 Å². The first-order valence-corrected chi connectivity index (χ1v) is 17.9. The zero-order valence-electron chi connectivity index (χ0n) is 30.9. The molecule has 55 heavy (non-hydrogen) atoms. The summed E-state index contributed by atoms with van der Waals surface area (Å²) in [5.74, 6) is -1.86. The first kappa shape index (κ1) is 40.3. The van der Waals surface area contributed by atoms with Gasteiger partial charge in [0.2, 0.25) is 0 Å². The molecule has 1 heterocycles. The van der Waals surface area contributed by atoms with Crippen LogP contribution in [-0.2, 0) is 34.0 Å². The zero-order chi connectivity index (χ0) is 39.5. The van der Waals surface area contributed by atoms with Crippen LogP contribution in [0.5, 0.6) is 5.75 Å². The van der Waals surface area contributed by atoms with Crippen LogP contribution >= 0.6 is 11.3 Å². The number of thiophene rings is 1. The van der Waals surface area contributed by atoms with Gasteiger partial charge in [-0.3, -0.25) is 24.3 Å².